The number of hydrogen-bond acceptors (Lipinski definition) is 2. The smallest absolute Gasteiger partial charge is 0.223 e. The average molecular weight is 394 g/mol. The summed E-state index contributed by atoms with van der Waals surface area (Å²) in [5.41, 5.74) is 4.06. The van der Waals surface area contributed by atoms with Crippen molar-refractivity contribution in [1.82, 2.24) is 9.88 Å². The van der Waals surface area contributed by atoms with Gasteiger partial charge in [0.15, 0.2) is 0 Å². The van der Waals surface area contributed by atoms with Crippen molar-refractivity contribution < 1.29 is 13.9 Å². The van der Waals surface area contributed by atoms with Crippen LogP contribution in [0.5, 0.6) is 0 Å². The van der Waals surface area contributed by atoms with E-state index >= 15 is 0 Å². The first kappa shape index (κ1) is 19.6. The number of rotatable bonds is 7. The van der Waals surface area contributed by atoms with Gasteiger partial charge in [0, 0.05) is 36.0 Å². The molecule has 152 valence electrons. The maximum Gasteiger partial charge on any atom is 0.223 e. The SMILES string of the molecule is CC(C)OCCCN1C(=O)CCC1c1c(-c2ccc(F)cc2)[nH]c2ccccc12. The number of H-pyrrole nitrogens is 1. The van der Waals surface area contributed by atoms with Gasteiger partial charge in [-0.2, -0.15) is 0 Å². The Morgan fingerprint density at radius 3 is 2.69 bits per heavy atom. The van der Waals surface area contributed by atoms with Gasteiger partial charge in [-0.15, -0.1) is 0 Å². The number of ether oxygens (including phenoxy) is 1. The highest BCUT2D eigenvalue weighted by Gasteiger charge is 2.35. The fourth-order valence-electron chi connectivity index (χ4n) is 4.22. The second-order valence-electron chi connectivity index (χ2n) is 7.88. The summed E-state index contributed by atoms with van der Waals surface area (Å²) < 4.78 is 19.1. The van der Waals surface area contributed by atoms with E-state index in [4.69, 9.17) is 4.74 Å². The molecule has 4 rings (SSSR count). The highest BCUT2D eigenvalue weighted by molar-refractivity contribution is 5.92. The Bertz CT molecular complexity index is 994. The third kappa shape index (κ3) is 4.06. The van der Waals surface area contributed by atoms with E-state index in [-0.39, 0.29) is 23.9 Å². The summed E-state index contributed by atoms with van der Waals surface area (Å²) in [6.45, 7) is 5.36. The zero-order valence-corrected chi connectivity index (χ0v) is 17.0. The van der Waals surface area contributed by atoms with Crippen molar-refractivity contribution in [3.8, 4) is 11.3 Å². The largest absolute Gasteiger partial charge is 0.379 e. The molecule has 1 atom stereocenters. The molecule has 1 aliphatic heterocycles. The van der Waals surface area contributed by atoms with Gasteiger partial charge < -0.3 is 14.6 Å². The molecule has 0 bridgehead atoms. The van der Waals surface area contributed by atoms with E-state index in [1.165, 1.54) is 12.1 Å². The molecule has 5 heteroatoms. The normalized spacial score (nSPS) is 17.0. The minimum Gasteiger partial charge on any atom is -0.379 e. The van der Waals surface area contributed by atoms with Crippen LogP contribution >= 0.6 is 0 Å². The molecule has 1 aromatic heterocycles. The second kappa shape index (κ2) is 8.37. The van der Waals surface area contributed by atoms with Crippen molar-refractivity contribution in [2.75, 3.05) is 13.2 Å². The fraction of sp³-hybridized carbons (Fsp3) is 0.375. The number of amides is 1. The maximum atomic E-state index is 13.5. The topological polar surface area (TPSA) is 45.3 Å². The number of aromatic amines is 1. The van der Waals surface area contributed by atoms with Crippen molar-refractivity contribution >= 4 is 16.8 Å². The fourth-order valence-corrected chi connectivity index (χ4v) is 4.22. The Kier molecular flexibility index (Phi) is 5.67. The minimum atomic E-state index is -0.255. The molecular weight excluding hydrogens is 367 g/mol. The van der Waals surface area contributed by atoms with Crippen LogP contribution in [0.25, 0.3) is 22.2 Å². The summed E-state index contributed by atoms with van der Waals surface area (Å²) in [6, 6.07) is 14.7. The Morgan fingerprint density at radius 1 is 1.17 bits per heavy atom. The number of para-hydroxylation sites is 1. The van der Waals surface area contributed by atoms with Crippen LogP contribution in [0, 0.1) is 5.82 Å². The van der Waals surface area contributed by atoms with Gasteiger partial charge in [-0.25, -0.2) is 4.39 Å². The van der Waals surface area contributed by atoms with Gasteiger partial charge in [-0.1, -0.05) is 18.2 Å². The lowest BCUT2D eigenvalue weighted by Crippen LogP contribution is -2.29. The quantitative estimate of drug-likeness (QED) is 0.542. The van der Waals surface area contributed by atoms with Crippen molar-refractivity contribution in [2.45, 2.75) is 45.3 Å². The van der Waals surface area contributed by atoms with E-state index in [1.54, 1.807) is 12.1 Å². The number of aromatic nitrogens is 1. The van der Waals surface area contributed by atoms with E-state index < -0.39 is 0 Å². The average Bonchev–Trinajstić information content (AvgIpc) is 3.26. The predicted molar refractivity (Wildman–Crippen MR) is 113 cm³/mol. The van der Waals surface area contributed by atoms with E-state index in [0.717, 1.165) is 40.6 Å². The van der Waals surface area contributed by atoms with Crippen LogP contribution in [0.1, 0.15) is 44.7 Å². The monoisotopic (exact) mass is 394 g/mol. The molecular formula is C24H27FN2O2. The molecule has 1 N–H and O–H groups in total. The molecule has 1 fully saturated rings. The third-order valence-corrected chi connectivity index (χ3v) is 5.54. The Hall–Kier alpha value is -2.66. The van der Waals surface area contributed by atoms with Gasteiger partial charge >= 0.3 is 0 Å². The Labute approximate surface area is 170 Å². The summed E-state index contributed by atoms with van der Waals surface area (Å²) in [5.74, 6) is -0.0656. The van der Waals surface area contributed by atoms with E-state index in [2.05, 4.69) is 11.1 Å². The van der Waals surface area contributed by atoms with Crippen LogP contribution in [0.15, 0.2) is 48.5 Å². The third-order valence-electron chi connectivity index (χ3n) is 5.54. The Morgan fingerprint density at radius 2 is 1.93 bits per heavy atom. The molecule has 4 nitrogen and oxygen atoms in total. The molecule has 0 spiro atoms. The molecule has 1 unspecified atom stereocenters. The number of carbonyl (C=O) groups is 1. The van der Waals surface area contributed by atoms with Gasteiger partial charge in [-0.05, 0) is 62.6 Å². The molecule has 1 aliphatic rings. The first-order chi connectivity index (χ1) is 14.0. The van der Waals surface area contributed by atoms with E-state index in [9.17, 15) is 9.18 Å². The number of carbonyl (C=O) groups excluding carboxylic acids is 1. The van der Waals surface area contributed by atoms with Crippen molar-refractivity contribution in [3.63, 3.8) is 0 Å². The standard InChI is InChI=1S/C24H27FN2O2/c1-16(2)29-15-5-14-27-21(12-13-22(27)28)23-19-6-3-4-7-20(19)26-24(23)17-8-10-18(25)11-9-17/h3-4,6-11,16,21,26H,5,12-15H2,1-2H3. The molecule has 0 aliphatic carbocycles. The number of likely N-dealkylation sites (tertiary alicyclic amines) is 1. The summed E-state index contributed by atoms with van der Waals surface area (Å²) in [5, 5.41) is 1.12. The lowest BCUT2D eigenvalue weighted by atomic mass is 9.97. The van der Waals surface area contributed by atoms with E-state index in [0.29, 0.717) is 19.6 Å². The van der Waals surface area contributed by atoms with Gasteiger partial charge in [0.05, 0.1) is 17.8 Å². The van der Waals surface area contributed by atoms with Gasteiger partial charge in [-0.3, -0.25) is 4.79 Å². The molecule has 2 heterocycles. The van der Waals surface area contributed by atoms with Gasteiger partial charge in [0.2, 0.25) is 5.91 Å². The van der Waals surface area contributed by atoms with Crippen molar-refractivity contribution in [1.29, 1.82) is 0 Å². The first-order valence-corrected chi connectivity index (χ1v) is 10.3. The van der Waals surface area contributed by atoms with Crippen LogP contribution < -0.4 is 0 Å². The molecule has 1 saturated heterocycles. The minimum absolute atomic E-state index is 0.0118. The molecule has 3 aromatic rings. The molecule has 1 amide bonds. The zero-order chi connectivity index (χ0) is 20.4. The van der Waals surface area contributed by atoms with Crippen LogP contribution in [0.4, 0.5) is 4.39 Å². The van der Waals surface area contributed by atoms with Crippen LogP contribution in [-0.2, 0) is 9.53 Å². The second-order valence-corrected chi connectivity index (χ2v) is 7.88. The maximum absolute atomic E-state index is 13.5. The summed E-state index contributed by atoms with van der Waals surface area (Å²) in [4.78, 5) is 18.2. The number of halogens is 1. The lowest BCUT2D eigenvalue weighted by molar-refractivity contribution is -0.129. The van der Waals surface area contributed by atoms with Crippen molar-refractivity contribution in [2.24, 2.45) is 0 Å². The van der Waals surface area contributed by atoms with Crippen LogP contribution in [0.3, 0.4) is 0 Å². The number of benzene rings is 2. The number of fused-ring (bicyclic) bond motifs is 1. The predicted octanol–water partition coefficient (Wildman–Crippen LogP) is 5.45. The molecule has 0 saturated carbocycles. The molecule has 29 heavy (non-hydrogen) atoms. The summed E-state index contributed by atoms with van der Waals surface area (Å²) in [6.07, 6.45) is 2.35. The molecule has 2 aromatic carbocycles. The van der Waals surface area contributed by atoms with E-state index in [1.807, 2.05) is 36.9 Å². The van der Waals surface area contributed by atoms with Crippen molar-refractivity contribution in [3.05, 3.63) is 59.9 Å². The highest BCUT2D eigenvalue weighted by atomic mass is 19.1. The Balaban J connectivity index is 1.70. The van der Waals surface area contributed by atoms with Crippen LogP contribution in [0.2, 0.25) is 0 Å². The number of hydrogen-bond donors (Lipinski definition) is 1. The summed E-state index contributed by atoms with van der Waals surface area (Å²) >= 11 is 0. The highest BCUT2D eigenvalue weighted by Crippen LogP contribution is 2.42. The van der Waals surface area contributed by atoms with Gasteiger partial charge in [0.25, 0.3) is 0 Å². The van der Waals surface area contributed by atoms with Gasteiger partial charge in [0.1, 0.15) is 5.82 Å². The number of nitrogens with one attached hydrogen (secondary N) is 1. The number of nitrogens with zero attached hydrogens (tertiary/aromatic N) is 1. The van der Waals surface area contributed by atoms with Crippen LogP contribution in [-0.4, -0.2) is 35.0 Å². The molecule has 0 radical (unpaired) electrons. The first-order valence-electron chi connectivity index (χ1n) is 10.3. The lowest BCUT2D eigenvalue weighted by Gasteiger charge is -2.26. The summed E-state index contributed by atoms with van der Waals surface area (Å²) in [7, 11) is 0. The zero-order valence-electron chi connectivity index (χ0n) is 17.0.